The topological polar surface area (TPSA) is 99.4 Å². The minimum absolute atomic E-state index is 0.323. The minimum Gasteiger partial charge on any atom is -0.377 e. The van der Waals surface area contributed by atoms with Gasteiger partial charge in [-0.05, 0) is 15.9 Å². The molecule has 0 bridgehead atoms. The standard InChI is InChI=1S/C9H13Br2N2.ClHO4/c1-12(2)8-3-5-13(6-4-8)9(11)7-10;2-1(3,4)5/h3-6,9H,7H2,1-2H3;(H,2,3,4,5)/q+1;/p-1. The van der Waals surface area contributed by atoms with E-state index >= 15 is 0 Å². The number of rotatable bonds is 3. The summed E-state index contributed by atoms with van der Waals surface area (Å²) < 4.78 is 36.1. The summed E-state index contributed by atoms with van der Waals surface area (Å²) >= 11 is 6.97. The second kappa shape index (κ2) is 8.26. The molecule has 1 aromatic rings. The lowest BCUT2D eigenvalue weighted by atomic mass is 10.4. The SMILES string of the molecule is CN(C)c1cc[n+](C(Br)CBr)cc1.[O-][Cl+3]([O-])([O-])[O-]. The minimum atomic E-state index is -4.94. The summed E-state index contributed by atoms with van der Waals surface area (Å²) in [6, 6.07) is 4.19. The van der Waals surface area contributed by atoms with Crippen LogP contribution in [0.15, 0.2) is 24.5 Å². The van der Waals surface area contributed by atoms with Gasteiger partial charge in [0.1, 0.15) is 0 Å². The summed E-state index contributed by atoms with van der Waals surface area (Å²) in [6.45, 7) is 0. The molecule has 0 aliphatic carbocycles. The Kier molecular flexibility index (Phi) is 8.28. The van der Waals surface area contributed by atoms with Crippen LogP contribution in [0, 0.1) is 10.2 Å². The van der Waals surface area contributed by atoms with Crippen molar-refractivity contribution >= 4 is 37.5 Å². The Bertz CT molecular complexity index is 339. The van der Waals surface area contributed by atoms with E-state index in [9.17, 15) is 0 Å². The molecule has 104 valence electrons. The zero-order valence-electron chi connectivity index (χ0n) is 9.76. The number of nitrogens with zero attached hydrogens (tertiary/aromatic N) is 2. The van der Waals surface area contributed by atoms with Crippen LogP contribution in [-0.2, 0) is 0 Å². The predicted octanol–water partition coefficient (Wildman–Crippen LogP) is -2.43. The molecule has 1 rings (SSSR count). The highest BCUT2D eigenvalue weighted by atomic mass is 79.9. The van der Waals surface area contributed by atoms with E-state index in [4.69, 9.17) is 18.6 Å². The van der Waals surface area contributed by atoms with Crippen molar-refractivity contribution in [1.82, 2.24) is 0 Å². The molecule has 0 radical (unpaired) electrons. The molecule has 1 aromatic heterocycles. The van der Waals surface area contributed by atoms with Crippen molar-refractivity contribution in [2.75, 3.05) is 24.3 Å². The van der Waals surface area contributed by atoms with Crippen molar-refractivity contribution in [2.45, 2.75) is 4.95 Å². The van der Waals surface area contributed by atoms with Crippen LogP contribution in [0.25, 0.3) is 0 Å². The van der Waals surface area contributed by atoms with E-state index in [2.05, 4.69) is 65.9 Å². The highest BCUT2D eigenvalue weighted by Gasteiger charge is 2.11. The van der Waals surface area contributed by atoms with Gasteiger partial charge in [-0.25, -0.2) is 18.6 Å². The molecule has 1 atom stereocenters. The molecule has 0 aliphatic rings. The fourth-order valence-electron chi connectivity index (χ4n) is 0.995. The average Bonchev–Trinajstić information content (AvgIpc) is 2.26. The first kappa shape index (κ1) is 18.0. The van der Waals surface area contributed by atoms with Gasteiger partial charge in [-0.1, -0.05) is 15.9 Å². The Balaban J connectivity index is 0.000000494. The van der Waals surface area contributed by atoms with Crippen LogP contribution in [-0.4, -0.2) is 19.4 Å². The third-order valence-electron chi connectivity index (χ3n) is 1.80. The molecule has 6 nitrogen and oxygen atoms in total. The molecule has 1 unspecified atom stereocenters. The summed E-state index contributed by atoms with van der Waals surface area (Å²) in [6.07, 6.45) is 4.13. The number of aromatic nitrogens is 1. The maximum atomic E-state index is 8.49. The van der Waals surface area contributed by atoms with Crippen molar-refractivity contribution in [3.63, 3.8) is 0 Å². The largest absolute Gasteiger partial charge is 0.377 e. The van der Waals surface area contributed by atoms with E-state index in [1.165, 1.54) is 5.69 Å². The number of hydrogen-bond donors (Lipinski definition) is 0. The number of halogens is 3. The van der Waals surface area contributed by atoms with Crippen LogP contribution in [0.5, 0.6) is 0 Å². The molecule has 0 saturated carbocycles. The normalized spacial score (nSPS) is 12.4. The molecule has 18 heavy (non-hydrogen) atoms. The number of anilines is 1. The van der Waals surface area contributed by atoms with E-state index in [1.54, 1.807) is 0 Å². The predicted molar refractivity (Wildman–Crippen MR) is 62.7 cm³/mol. The summed E-state index contributed by atoms with van der Waals surface area (Å²) in [5, 5.41) is 0.902. The van der Waals surface area contributed by atoms with Crippen LogP contribution in [0.3, 0.4) is 0 Å². The van der Waals surface area contributed by atoms with Gasteiger partial charge in [0.15, 0.2) is 12.4 Å². The first-order valence-electron chi connectivity index (χ1n) is 4.65. The highest BCUT2D eigenvalue weighted by Crippen LogP contribution is 2.12. The molecular formula is C9H13Br2ClN2O4. The zero-order valence-corrected chi connectivity index (χ0v) is 13.7. The number of alkyl halides is 2. The monoisotopic (exact) mass is 406 g/mol. The third kappa shape index (κ3) is 9.03. The second-order valence-electron chi connectivity index (χ2n) is 3.36. The van der Waals surface area contributed by atoms with Crippen LogP contribution in [0.4, 0.5) is 5.69 Å². The summed E-state index contributed by atoms with van der Waals surface area (Å²) in [7, 11) is -0.869. The zero-order chi connectivity index (χ0) is 14.3. The molecule has 0 aromatic carbocycles. The smallest absolute Gasteiger partial charge is 0.221 e. The van der Waals surface area contributed by atoms with E-state index in [-0.39, 0.29) is 0 Å². The molecule has 1 heterocycles. The Morgan fingerprint density at radius 1 is 1.22 bits per heavy atom. The van der Waals surface area contributed by atoms with Crippen molar-refractivity contribution in [3.8, 4) is 0 Å². The van der Waals surface area contributed by atoms with Crippen molar-refractivity contribution in [3.05, 3.63) is 24.5 Å². The van der Waals surface area contributed by atoms with Gasteiger partial charge in [-0.15, -0.1) is 10.2 Å². The lowest BCUT2D eigenvalue weighted by Gasteiger charge is -2.17. The molecule has 0 fully saturated rings. The van der Waals surface area contributed by atoms with Gasteiger partial charge >= 0.3 is 0 Å². The van der Waals surface area contributed by atoms with E-state index in [0.717, 1.165) is 5.33 Å². The van der Waals surface area contributed by atoms with E-state index in [0.29, 0.717) is 4.95 Å². The van der Waals surface area contributed by atoms with Crippen molar-refractivity contribution in [1.29, 1.82) is 0 Å². The van der Waals surface area contributed by atoms with Crippen LogP contribution in [0.1, 0.15) is 4.95 Å². The molecule has 0 N–H and O–H groups in total. The van der Waals surface area contributed by atoms with Gasteiger partial charge < -0.3 is 4.90 Å². The average molecular weight is 408 g/mol. The lowest BCUT2D eigenvalue weighted by molar-refractivity contribution is -2.00. The van der Waals surface area contributed by atoms with Gasteiger partial charge in [0.05, 0.1) is 5.33 Å². The summed E-state index contributed by atoms with van der Waals surface area (Å²) in [5.74, 6) is 0. The molecule has 0 spiro atoms. The quantitative estimate of drug-likeness (QED) is 0.409. The van der Waals surface area contributed by atoms with E-state index in [1.807, 2.05) is 14.1 Å². The maximum Gasteiger partial charge on any atom is 0.221 e. The second-order valence-corrected chi connectivity index (χ2v) is 5.83. The first-order valence-corrected chi connectivity index (χ1v) is 7.92. The third-order valence-corrected chi connectivity index (χ3v) is 4.08. The molecular weight excluding hydrogens is 395 g/mol. The van der Waals surface area contributed by atoms with Crippen molar-refractivity contribution in [2.24, 2.45) is 0 Å². The fourth-order valence-corrected chi connectivity index (χ4v) is 1.60. The maximum absolute atomic E-state index is 8.49. The van der Waals surface area contributed by atoms with Crippen molar-refractivity contribution < 1.29 is 33.4 Å². The molecule has 9 heteroatoms. The summed E-state index contributed by atoms with van der Waals surface area (Å²) in [4.78, 5) is 2.41. The summed E-state index contributed by atoms with van der Waals surface area (Å²) in [5.41, 5.74) is 1.21. The van der Waals surface area contributed by atoms with Gasteiger partial charge in [0.25, 0.3) is 0 Å². The van der Waals surface area contributed by atoms with Gasteiger partial charge in [-0.2, -0.15) is 4.57 Å². The number of hydrogen-bond acceptors (Lipinski definition) is 5. The molecule has 0 saturated heterocycles. The van der Waals surface area contributed by atoms with E-state index < -0.39 is 10.2 Å². The number of pyridine rings is 1. The Labute approximate surface area is 124 Å². The Morgan fingerprint density at radius 2 is 1.61 bits per heavy atom. The fraction of sp³-hybridized carbons (Fsp3) is 0.444. The first-order chi connectivity index (χ1) is 8.15. The molecule has 0 aliphatic heterocycles. The van der Waals surface area contributed by atoms with Gasteiger partial charge in [0, 0.05) is 31.9 Å². The lowest BCUT2D eigenvalue weighted by Crippen LogP contribution is -2.68. The van der Waals surface area contributed by atoms with Gasteiger partial charge in [0.2, 0.25) is 4.95 Å². The van der Waals surface area contributed by atoms with Crippen LogP contribution >= 0.6 is 31.9 Å². The van der Waals surface area contributed by atoms with Gasteiger partial charge in [-0.3, -0.25) is 0 Å². The highest BCUT2D eigenvalue weighted by molar-refractivity contribution is 9.11. The van der Waals surface area contributed by atoms with Crippen LogP contribution in [0.2, 0.25) is 0 Å². The Morgan fingerprint density at radius 3 is 1.89 bits per heavy atom. The molecule has 0 amide bonds. The Hall–Kier alpha value is 0.0400. The van der Waals surface area contributed by atoms with Crippen LogP contribution < -0.4 is 28.1 Å².